The van der Waals surface area contributed by atoms with Crippen molar-refractivity contribution in [2.45, 2.75) is 31.8 Å². The first-order valence-electron chi connectivity index (χ1n) is 8.00. The van der Waals surface area contributed by atoms with Crippen LogP contribution in [0.1, 0.15) is 36.7 Å². The van der Waals surface area contributed by atoms with E-state index in [-0.39, 0.29) is 40.0 Å². The Hall–Kier alpha value is -2.66. The fraction of sp³-hybridized carbons (Fsp3) is 0.333. The van der Waals surface area contributed by atoms with Gasteiger partial charge in [0.05, 0.1) is 11.8 Å². The van der Waals surface area contributed by atoms with E-state index in [0.29, 0.717) is 5.69 Å². The summed E-state index contributed by atoms with van der Waals surface area (Å²) < 4.78 is 13.1. The highest BCUT2D eigenvalue weighted by molar-refractivity contribution is 8.00. The molecule has 1 unspecified atom stereocenters. The molecular weight excluding hydrogens is 355 g/mol. The number of nitrogens with one attached hydrogen (secondary N) is 2. The predicted octanol–water partition coefficient (Wildman–Crippen LogP) is 2.69. The van der Waals surface area contributed by atoms with Crippen LogP contribution in [-0.2, 0) is 4.79 Å². The summed E-state index contributed by atoms with van der Waals surface area (Å²) in [5, 5.41) is 12.3. The normalized spacial score (nSPS) is 11.8. The summed E-state index contributed by atoms with van der Waals surface area (Å²) in [5.74, 6) is -0.488. The zero-order chi connectivity index (χ0) is 19.3. The monoisotopic (exact) mass is 374 g/mol. The summed E-state index contributed by atoms with van der Waals surface area (Å²) in [6.45, 7) is 5.52. The second-order valence-corrected chi connectivity index (χ2v) is 7.05. The van der Waals surface area contributed by atoms with E-state index in [1.165, 1.54) is 12.1 Å². The minimum atomic E-state index is -0.559. The van der Waals surface area contributed by atoms with E-state index in [1.807, 2.05) is 19.9 Å². The van der Waals surface area contributed by atoms with Crippen molar-refractivity contribution in [3.8, 4) is 6.07 Å². The van der Waals surface area contributed by atoms with E-state index in [9.17, 15) is 19.2 Å². The van der Waals surface area contributed by atoms with Crippen LogP contribution in [0.2, 0.25) is 0 Å². The first-order chi connectivity index (χ1) is 12.3. The number of amides is 1. The van der Waals surface area contributed by atoms with Crippen molar-refractivity contribution in [2.24, 2.45) is 5.92 Å². The number of thioether (sulfide) groups is 1. The molecule has 0 fully saturated rings. The van der Waals surface area contributed by atoms with Crippen molar-refractivity contribution in [1.29, 1.82) is 5.26 Å². The number of H-pyrrole nitrogens is 1. The van der Waals surface area contributed by atoms with Crippen molar-refractivity contribution in [2.75, 3.05) is 5.75 Å². The van der Waals surface area contributed by atoms with E-state index in [1.54, 1.807) is 19.1 Å². The van der Waals surface area contributed by atoms with Crippen molar-refractivity contribution < 1.29 is 9.18 Å². The Labute approximate surface area is 154 Å². The lowest BCUT2D eigenvalue weighted by Crippen LogP contribution is -2.33. The van der Waals surface area contributed by atoms with Gasteiger partial charge in [0.2, 0.25) is 5.91 Å². The van der Waals surface area contributed by atoms with Gasteiger partial charge in [-0.05, 0) is 30.5 Å². The Bertz CT molecular complexity index is 888. The van der Waals surface area contributed by atoms with Crippen LogP contribution in [0, 0.1) is 30.0 Å². The number of halogens is 1. The lowest BCUT2D eigenvalue weighted by molar-refractivity contribution is -0.119. The van der Waals surface area contributed by atoms with E-state index in [4.69, 9.17) is 0 Å². The van der Waals surface area contributed by atoms with Gasteiger partial charge in [0.1, 0.15) is 22.5 Å². The molecule has 1 amide bonds. The average molecular weight is 374 g/mol. The Balaban J connectivity index is 2.09. The number of hydrogen-bond acceptors (Lipinski definition) is 5. The molecule has 1 aromatic carbocycles. The average Bonchev–Trinajstić information content (AvgIpc) is 2.58. The van der Waals surface area contributed by atoms with Gasteiger partial charge in [0, 0.05) is 5.69 Å². The van der Waals surface area contributed by atoms with Gasteiger partial charge in [-0.25, -0.2) is 9.18 Å². The quantitative estimate of drug-likeness (QED) is 0.598. The maximum Gasteiger partial charge on any atom is 0.346 e. The molecule has 1 atom stereocenters. The molecule has 0 saturated heterocycles. The highest BCUT2D eigenvalue weighted by atomic mass is 32.2. The van der Waals surface area contributed by atoms with Gasteiger partial charge in [-0.1, -0.05) is 37.7 Å². The lowest BCUT2D eigenvalue weighted by Gasteiger charge is -2.23. The van der Waals surface area contributed by atoms with Gasteiger partial charge in [0.25, 0.3) is 0 Å². The topological polar surface area (TPSA) is 98.6 Å². The molecule has 6 nitrogen and oxygen atoms in total. The minimum absolute atomic E-state index is 0.00892. The van der Waals surface area contributed by atoms with Gasteiger partial charge < -0.3 is 10.3 Å². The van der Waals surface area contributed by atoms with E-state index in [2.05, 4.69) is 15.3 Å². The first-order valence-corrected chi connectivity index (χ1v) is 8.99. The maximum atomic E-state index is 13.1. The molecule has 0 aliphatic heterocycles. The lowest BCUT2D eigenvalue weighted by atomic mass is 9.96. The molecule has 136 valence electrons. The van der Waals surface area contributed by atoms with Crippen LogP contribution in [0.15, 0.2) is 34.1 Å². The number of nitrogens with zero attached hydrogens (tertiary/aromatic N) is 2. The number of aromatic nitrogens is 2. The number of aryl methyl sites for hydroxylation is 1. The second kappa shape index (κ2) is 8.63. The van der Waals surface area contributed by atoms with Gasteiger partial charge >= 0.3 is 5.69 Å². The number of nitriles is 1. The molecule has 8 heteroatoms. The number of aromatic amines is 1. The molecule has 2 N–H and O–H groups in total. The number of benzene rings is 1. The van der Waals surface area contributed by atoms with Crippen LogP contribution in [0.25, 0.3) is 0 Å². The second-order valence-electron chi connectivity index (χ2n) is 6.09. The molecule has 1 heterocycles. The van der Waals surface area contributed by atoms with Gasteiger partial charge in [-0.3, -0.25) is 4.79 Å². The fourth-order valence-electron chi connectivity index (χ4n) is 2.45. The Morgan fingerprint density at radius 2 is 2.04 bits per heavy atom. The summed E-state index contributed by atoms with van der Waals surface area (Å²) in [7, 11) is 0. The van der Waals surface area contributed by atoms with E-state index < -0.39 is 5.69 Å². The summed E-state index contributed by atoms with van der Waals surface area (Å²) >= 11 is 1.03. The third kappa shape index (κ3) is 4.92. The third-order valence-electron chi connectivity index (χ3n) is 3.75. The van der Waals surface area contributed by atoms with Crippen molar-refractivity contribution in [1.82, 2.24) is 15.3 Å². The van der Waals surface area contributed by atoms with Crippen LogP contribution in [0.5, 0.6) is 0 Å². The fourth-order valence-corrected chi connectivity index (χ4v) is 3.29. The van der Waals surface area contributed by atoms with E-state index in [0.717, 1.165) is 17.3 Å². The molecule has 0 radical (unpaired) electrons. The van der Waals surface area contributed by atoms with Gasteiger partial charge in [-0.2, -0.15) is 10.2 Å². The zero-order valence-electron chi connectivity index (χ0n) is 14.7. The largest absolute Gasteiger partial charge is 0.348 e. The summed E-state index contributed by atoms with van der Waals surface area (Å²) in [4.78, 5) is 30.0. The standard InChI is InChI=1S/C18H19FN4O2S/c1-10(2)16(12-4-6-13(19)7-5-12)22-15(24)9-26-17-14(8-20)11(3)21-18(25)23-17/h4-7,10,16H,9H2,1-3H3,(H,22,24)(H,21,23,25). The number of carbonyl (C=O) groups is 1. The molecular formula is C18H19FN4O2S. The smallest absolute Gasteiger partial charge is 0.346 e. The van der Waals surface area contributed by atoms with Crippen LogP contribution in [0.4, 0.5) is 4.39 Å². The van der Waals surface area contributed by atoms with Gasteiger partial charge in [0.15, 0.2) is 0 Å². The maximum absolute atomic E-state index is 13.1. The SMILES string of the molecule is Cc1[nH]c(=O)nc(SCC(=O)NC(c2ccc(F)cc2)C(C)C)c1C#N. The van der Waals surface area contributed by atoms with Crippen LogP contribution < -0.4 is 11.0 Å². The highest BCUT2D eigenvalue weighted by Crippen LogP contribution is 2.23. The molecule has 26 heavy (non-hydrogen) atoms. The minimum Gasteiger partial charge on any atom is -0.348 e. The Morgan fingerprint density at radius 1 is 1.38 bits per heavy atom. The molecule has 0 aliphatic rings. The molecule has 0 spiro atoms. The van der Waals surface area contributed by atoms with Crippen molar-refractivity contribution in [3.05, 3.63) is 57.4 Å². The van der Waals surface area contributed by atoms with Crippen LogP contribution in [-0.4, -0.2) is 21.6 Å². The molecule has 0 bridgehead atoms. The van der Waals surface area contributed by atoms with Crippen molar-refractivity contribution >= 4 is 17.7 Å². The third-order valence-corrected chi connectivity index (χ3v) is 4.73. The molecule has 2 rings (SSSR count). The predicted molar refractivity (Wildman–Crippen MR) is 97.2 cm³/mol. The van der Waals surface area contributed by atoms with Crippen molar-refractivity contribution in [3.63, 3.8) is 0 Å². The summed E-state index contributed by atoms with van der Waals surface area (Å²) in [6, 6.07) is 7.71. The van der Waals surface area contributed by atoms with Crippen LogP contribution in [0.3, 0.4) is 0 Å². The zero-order valence-corrected chi connectivity index (χ0v) is 15.5. The molecule has 0 aliphatic carbocycles. The number of hydrogen-bond donors (Lipinski definition) is 2. The molecule has 0 saturated carbocycles. The van der Waals surface area contributed by atoms with E-state index >= 15 is 0 Å². The highest BCUT2D eigenvalue weighted by Gasteiger charge is 2.19. The summed E-state index contributed by atoms with van der Waals surface area (Å²) in [6.07, 6.45) is 0. The Morgan fingerprint density at radius 3 is 2.62 bits per heavy atom. The van der Waals surface area contributed by atoms with Gasteiger partial charge in [-0.15, -0.1) is 0 Å². The number of carbonyl (C=O) groups excluding carboxylic acids is 1. The molecule has 2 aromatic rings. The number of rotatable bonds is 6. The Kier molecular flexibility index (Phi) is 6.52. The van der Waals surface area contributed by atoms with Crippen LogP contribution >= 0.6 is 11.8 Å². The molecule has 1 aromatic heterocycles. The first kappa shape index (κ1) is 19.7. The summed E-state index contributed by atoms with van der Waals surface area (Å²) in [5.41, 5.74) is 0.918.